The van der Waals surface area contributed by atoms with Gasteiger partial charge in [0.1, 0.15) is 3.57 Å². The molecule has 0 amide bonds. The lowest BCUT2D eigenvalue weighted by Crippen LogP contribution is -1.86. The second-order valence-electron chi connectivity index (χ2n) is 2.69. The third-order valence-corrected chi connectivity index (χ3v) is 3.51. The predicted octanol–water partition coefficient (Wildman–Crippen LogP) is 3.29. The Balaban J connectivity index is 2.60. The quantitative estimate of drug-likeness (QED) is 0.790. The molecule has 5 heteroatoms. The minimum absolute atomic E-state index is 0.427. The lowest BCUT2D eigenvalue weighted by molar-refractivity contribution is 0.435. The highest BCUT2D eigenvalue weighted by atomic mass is 127. The van der Waals surface area contributed by atoms with Gasteiger partial charge < -0.3 is 10.3 Å². The predicted molar refractivity (Wildman–Crippen MR) is 66.8 cm³/mol. The molecule has 14 heavy (non-hydrogen) atoms. The maximum atomic E-state index is 5.60. The molecule has 0 aliphatic heterocycles. The van der Waals surface area contributed by atoms with Crippen LogP contribution in [0.2, 0.25) is 0 Å². The summed E-state index contributed by atoms with van der Waals surface area (Å²) in [5.74, 6) is 1.13. The molecular weight excluding hydrogens is 359 g/mol. The molecule has 0 radical (unpaired) electrons. The average Bonchev–Trinajstić information content (AvgIpc) is 2.49. The number of nitrogens with two attached hydrogens (primary N) is 1. The van der Waals surface area contributed by atoms with E-state index < -0.39 is 0 Å². The van der Waals surface area contributed by atoms with Crippen molar-refractivity contribution < 1.29 is 4.52 Å². The molecule has 0 bridgehead atoms. The van der Waals surface area contributed by atoms with Crippen molar-refractivity contribution in [1.82, 2.24) is 5.16 Å². The van der Waals surface area contributed by atoms with Crippen molar-refractivity contribution >= 4 is 44.3 Å². The van der Waals surface area contributed by atoms with E-state index in [1.807, 2.05) is 24.3 Å². The third-order valence-electron chi connectivity index (χ3n) is 1.78. The van der Waals surface area contributed by atoms with E-state index in [1.165, 1.54) is 0 Å². The normalized spacial score (nSPS) is 10.4. The molecule has 1 aromatic heterocycles. The molecule has 2 aromatic rings. The van der Waals surface area contributed by atoms with Crippen LogP contribution >= 0.6 is 38.5 Å². The molecule has 72 valence electrons. The number of nitrogen functional groups attached to an aromatic ring is 1. The third kappa shape index (κ3) is 1.66. The van der Waals surface area contributed by atoms with Gasteiger partial charge in [0.2, 0.25) is 0 Å². The van der Waals surface area contributed by atoms with E-state index in [2.05, 4.69) is 43.7 Å². The van der Waals surface area contributed by atoms with Crippen LogP contribution in [-0.2, 0) is 0 Å². The minimum atomic E-state index is 0.427. The number of rotatable bonds is 1. The van der Waals surface area contributed by atoms with Gasteiger partial charge in [0.05, 0.1) is 0 Å². The van der Waals surface area contributed by atoms with Crippen LogP contribution in [-0.4, -0.2) is 5.16 Å². The van der Waals surface area contributed by atoms with E-state index in [1.54, 1.807) is 0 Å². The van der Waals surface area contributed by atoms with Crippen LogP contribution in [0, 0.1) is 3.57 Å². The monoisotopic (exact) mass is 364 g/mol. The first kappa shape index (κ1) is 9.97. The summed E-state index contributed by atoms with van der Waals surface area (Å²) < 4.78 is 6.96. The van der Waals surface area contributed by atoms with Gasteiger partial charge >= 0.3 is 0 Å². The Hall–Kier alpha value is -0.560. The fourth-order valence-electron chi connectivity index (χ4n) is 1.10. The number of aromatic nitrogens is 1. The molecule has 0 spiro atoms. The van der Waals surface area contributed by atoms with Crippen molar-refractivity contribution in [2.24, 2.45) is 0 Å². The first-order chi connectivity index (χ1) is 6.70. The Labute approximate surface area is 103 Å². The highest BCUT2D eigenvalue weighted by Gasteiger charge is 2.14. The minimum Gasteiger partial charge on any atom is -0.380 e. The van der Waals surface area contributed by atoms with Crippen molar-refractivity contribution in [1.29, 1.82) is 0 Å². The molecule has 0 aliphatic carbocycles. The topological polar surface area (TPSA) is 52.0 Å². The largest absolute Gasteiger partial charge is 0.380 e. The van der Waals surface area contributed by atoms with Crippen molar-refractivity contribution in [2.75, 3.05) is 5.73 Å². The van der Waals surface area contributed by atoms with Gasteiger partial charge in [-0.05, 0) is 34.7 Å². The standard InChI is InChI=1S/C9H6BrIN2O/c10-6-4-2-1-3-5(6)8-7(11)9(12)13-14-8/h1-4H,(H2,12,13). The van der Waals surface area contributed by atoms with E-state index in [-0.39, 0.29) is 0 Å². The Morgan fingerprint density at radius 3 is 2.64 bits per heavy atom. The summed E-state index contributed by atoms with van der Waals surface area (Å²) >= 11 is 5.56. The zero-order chi connectivity index (χ0) is 10.1. The van der Waals surface area contributed by atoms with Gasteiger partial charge in [0.15, 0.2) is 11.6 Å². The molecule has 1 aromatic carbocycles. The van der Waals surface area contributed by atoms with Gasteiger partial charge in [-0.15, -0.1) is 0 Å². The maximum Gasteiger partial charge on any atom is 0.183 e. The fourth-order valence-corrected chi connectivity index (χ4v) is 2.06. The first-order valence-electron chi connectivity index (χ1n) is 3.85. The molecule has 2 N–H and O–H groups in total. The highest BCUT2D eigenvalue weighted by molar-refractivity contribution is 14.1. The molecular formula is C9H6BrIN2O. The lowest BCUT2D eigenvalue weighted by Gasteiger charge is -1.98. The van der Waals surface area contributed by atoms with E-state index in [0.717, 1.165) is 13.6 Å². The smallest absolute Gasteiger partial charge is 0.183 e. The number of nitrogens with zero attached hydrogens (tertiary/aromatic N) is 1. The van der Waals surface area contributed by atoms with Crippen molar-refractivity contribution in [3.63, 3.8) is 0 Å². The van der Waals surface area contributed by atoms with Crippen LogP contribution in [0.15, 0.2) is 33.3 Å². The summed E-state index contributed by atoms with van der Waals surface area (Å²) in [5.41, 5.74) is 6.56. The molecule has 0 atom stereocenters. The maximum absolute atomic E-state index is 5.60. The molecule has 0 saturated heterocycles. The Morgan fingerprint density at radius 2 is 2.07 bits per heavy atom. The van der Waals surface area contributed by atoms with Crippen LogP contribution in [0.3, 0.4) is 0 Å². The summed E-state index contributed by atoms with van der Waals surface area (Å²) in [6.07, 6.45) is 0. The first-order valence-corrected chi connectivity index (χ1v) is 5.73. The molecule has 2 rings (SSSR count). The molecule has 3 nitrogen and oxygen atoms in total. The van der Waals surface area contributed by atoms with Crippen LogP contribution in [0.4, 0.5) is 5.82 Å². The van der Waals surface area contributed by atoms with Gasteiger partial charge in [-0.2, -0.15) is 0 Å². The van der Waals surface area contributed by atoms with Gasteiger partial charge in [-0.1, -0.05) is 33.2 Å². The van der Waals surface area contributed by atoms with Crippen LogP contribution in [0.25, 0.3) is 11.3 Å². The summed E-state index contributed by atoms with van der Waals surface area (Å²) in [7, 11) is 0. The SMILES string of the molecule is Nc1noc(-c2ccccc2Br)c1I. The summed E-state index contributed by atoms with van der Waals surface area (Å²) in [4.78, 5) is 0. The van der Waals surface area contributed by atoms with E-state index in [9.17, 15) is 0 Å². The van der Waals surface area contributed by atoms with E-state index >= 15 is 0 Å². The Bertz CT molecular complexity index is 470. The van der Waals surface area contributed by atoms with E-state index in [0.29, 0.717) is 11.6 Å². The lowest BCUT2D eigenvalue weighted by atomic mass is 10.2. The number of benzene rings is 1. The Morgan fingerprint density at radius 1 is 1.36 bits per heavy atom. The average molecular weight is 365 g/mol. The van der Waals surface area contributed by atoms with E-state index in [4.69, 9.17) is 10.3 Å². The van der Waals surface area contributed by atoms with Gasteiger partial charge in [-0.3, -0.25) is 0 Å². The molecule has 0 fully saturated rings. The second-order valence-corrected chi connectivity index (χ2v) is 4.62. The van der Waals surface area contributed by atoms with Crippen molar-refractivity contribution in [2.45, 2.75) is 0 Å². The number of halogens is 2. The van der Waals surface area contributed by atoms with Gasteiger partial charge in [0.25, 0.3) is 0 Å². The van der Waals surface area contributed by atoms with Crippen LogP contribution < -0.4 is 5.73 Å². The zero-order valence-electron chi connectivity index (χ0n) is 7.00. The van der Waals surface area contributed by atoms with Crippen LogP contribution in [0.1, 0.15) is 0 Å². The zero-order valence-corrected chi connectivity index (χ0v) is 10.7. The summed E-state index contributed by atoms with van der Waals surface area (Å²) in [6.45, 7) is 0. The van der Waals surface area contributed by atoms with Crippen molar-refractivity contribution in [3.8, 4) is 11.3 Å². The van der Waals surface area contributed by atoms with Gasteiger partial charge in [0, 0.05) is 10.0 Å². The molecule has 0 aliphatic rings. The summed E-state index contributed by atoms with van der Waals surface area (Å²) in [6, 6.07) is 7.78. The number of hydrogen-bond donors (Lipinski definition) is 1. The Kier molecular flexibility index (Phi) is 2.78. The fraction of sp³-hybridized carbons (Fsp3) is 0. The second kappa shape index (κ2) is 3.90. The number of hydrogen-bond acceptors (Lipinski definition) is 3. The van der Waals surface area contributed by atoms with Gasteiger partial charge in [-0.25, -0.2) is 0 Å². The molecule has 0 unspecified atom stereocenters. The van der Waals surface area contributed by atoms with Crippen molar-refractivity contribution in [3.05, 3.63) is 32.3 Å². The molecule has 0 saturated carbocycles. The van der Waals surface area contributed by atoms with Crippen LogP contribution in [0.5, 0.6) is 0 Å². The molecule has 1 heterocycles. The highest BCUT2D eigenvalue weighted by Crippen LogP contribution is 2.33. The number of anilines is 1. The summed E-state index contributed by atoms with van der Waals surface area (Å²) in [5, 5.41) is 3.71.